The number of hydrogen-bond donors (Lipinski definition) is 3. The van der Waals surface area contributed by atoms with Gasteiger partial charge in [0.1, 0.15) is 5.65 Å². The van der Waals surface area contributed by atoms with Crippen LogP contribution in [0.2, 0.25) is 0 Å². The lowest BCUT2D eigenvalue weighted by Gasteiger charge is -2.34. The molecule has 7 nitrogen and oxygen atoms in total. The van der Waals surface area contributed by atoms with E-state index >= 15 is 0 Å². The van der Waals surface area contributed by atoms with Crippen LogP contribution in [0.25, 0.3) is 22.2 Å². The van der Waals surface area contributed by atoms with Crippen molar-refractivity contribution in [2.45, 2.75) is 44.2 Å². The molecule has 2 aliphatic rings. The molecule has 3 aromatic rings. The number of benzene rings is 1. The zero-order chi connectivity index (χ0) is 20.2. The lowest BCUT2D eigenvalue weighted by Crippen LogP contribution is -2.43. The van der Waals surface area contributed by atoms with E-state index in [1.807, 2.05) is 24.5 Å². The predicted octanol–water partition coefficient (Wildman–Crippen LogP) is 3.24. The molecule has 0 unspecified atom stereocenters. The molecular formula is C22H25N5O2. The summed E-state index contributed by atoms with van der Waals surface area (Å²) in [5.41, 5.74) is 4.62. The summed E-state index contributed by atoms with van der Waals surface area (Å²) in [6.07, 6.45) is 6.12. The average Bonchev–Trinajstić information content (AvgIpc) is 3.10. The van der Waals surface area contributed by atoms with Gasteiger partial charge in [0.25, 0.3) is 5.91 Å². The fraction of sp³-hybridized carbons (Fsp3) is 0.409. The maximum atomic E-state index is 12.2. The first-order chi connectivity index (χ1) is 13.9. The van der Waals surface area contributed by atoms with Crippen LogP contribution in [0.15, 0.2) is 30.6 Å². The van der Waals surface area contributed by atoms with E-state index in [0.29, 0.717) is 24.6 Å². The van der Waals surface area contributed by atoms with Gasteiger partial charge in [-0.3, -0.25) is 4.79 Å². The lowest BCUT2D eigenvalue weighted by atomic mass is 9.78. The quantitative estimate of drug-likeness (QED) is 0.635. The molecular weight excluding hydrogens is 366 g/mol. The van der Waals surface area contributed by atoms with Crippen molar-refractivity contribution in [3.63, 3.8) is 0 Å². The lowest BCUT2D eigenvalue weighted by molar-refractivity contribution is 0.0327. The van der Waals surface area contributed by atoms with Crippen molar-refractivity contribution < 1.29 is 9.53 Å². The first-order valence-electron chi connectivity index (χ1n) is 10.0. The summed E-state index contributed by atoms with van der Waals surface area (Å²) in [6, 6.07) is 6.40. The highest BCUT2D eigenvalue weighted by molar-refractivity contribution is 5.99. The van der Waals surface area contributed by atoms with Gasteiger partial charge in [-0.25, -0.2) is 4.98 Å². The van der Waals surface area contributed by atoms with Crippen LogP contribution < -0.4 is 10.6 Å². The number of methoxy groups -OCH3 is 1. The van der Waals surface area contributed by atoms with Gasteiger partial charge < -0.3 is 20.4 Å². The number of aromatic nitrogens is 3. The number of amides is 1. The number of fused-ring (bicyclic) bond motifs is 2. The Morgan fingerprint density at radius 3 is 2.86 bits per heavy atom. The van der Waals surface area contributed by atoms with Crippen LogP contribution in [0, 0.1) is 0 Å². The molecule has 2 aromatic heterocycles. The summed E-state index contributed by atoms with van der Waals surface area (Å²) in [4.78, 5) is 24.7. The molecule has 7 heteroatoms. The summed E-state index contributed by atoms with van der Waals surface area (Å²) < 4.78 is 5.33. The molecule has 150 valence electrons. The summed E-state index contributed by atoms with van der Waals surface area (Å²) >= 11 is 0. The van der Waals surface area contributed by atoms with Crippen LogP contribution in [0.3, 0.4) is 0 Å². The maximum absolute atomic E-state index is 12.2. The van der Waals surface area contributed by atoms with E-state index in [9.17, 15) is 4.79 Å². The number of carbonyl (C=O) groups excluding carboxylic acids is 1. The Hall–Kier alpha value is -2.93. The van der Waals surface area contributed by atoms with Gasteiger partial charge in [0, 0.05) is 54.0 Å². The molecule has 5 rings (SSSR count). The average molecular weight is 391 g/mol. The van der Waals surface area contributed by atoms with Crippen LogP contribution in [0.4, 0.5) is 5.95 Å². The van der Waals surface area contributed by atoms with Crippen LogP contribution >= 0.6 is 0 Å². The van der Waals surface area contributed by atoms with E-state index in [1.54, 1.807) is 7.11 Å². The van der Waals surface area contributed by atoms with E-state index in [-0.39, 0.29) is 11.3 Å². The molecule has 0 bridgehead atoms. The minimum atomic E-state index is -0.109. The molecule has 1 saturated carbocycles. The van der Waals surface area contributed by atoms with Gasteiger partial charge in [-0.2, -0.15) is 4.98 Å². The van der Waals surface area contributed by atoms with E-state index in [1.165, 1.54) is 0 Å². The second kappa shape index (κ2) is 6.56. The Morgan fingerprint density at radius 1 is 1.24 bits per heavy atom. The molecule has 1 aliphatic carbocycles. The van der Waals surface area contributed by atoms with Gasteiger partial charge in [0.15, 0.2) is 0 Å². The fourth-order valence-electron chi connectivity index (χ4n) is 4.24. The third kappa shape index (κ3) is 3.06. The van der Waals surface area contributed by atoms with Crippen molar-refractivity contribution in [1.82, 2.24) is 20.3 Å². The number of anilines is 1. The number of hydrogen-bond acceptors (Lipinski definition) is 5. The minimum absolute atomic E-state index is 0.00411. The first-order valence-corrected chi connectivity index (χ1v) is 10.0. The number of H-pyrrole nitrogens is 1. The maximum Gasteiger partial charge on any atom is 0.251 e. The highest BCUT2D eigenvalue weighted by atomic mass is 16.5. The number of nitrogens with one attached hydrogen (secondary N) is 3. The topological polar surface area (TPSA) is 91.9 Å². The van der Waals surface area contributed by atoms with Gasteiger partial charge in [-0.15, -0.1) is 0 Å². The standard InChI is InChI=1S/C22H25N5O2/c1-22(2)11-25-20(28)15-5-4-12(6-18(15)22)16-9-23-19-17(16)10-24-21(27-19)26-13-7-14(8-13)29-3/h4-6,9-10,13-14H,7-8,11H2,1-3H3,(H,25,28)(H2,23,24,26,27). The molecule has 0 radical (unpaired) electrons. The normalized spacial score (nSPS) is 22.7. The van der Waals surface area contributed by atoms with Crippen molar-refractivity contribution >= 4 is 22.9 Å². The molecule has 1 aliphatic heterocycles. The summed E-state index contributed by atoms with van der Waals surface area (Å²) in [5, 5.41) is 7.31. The highest BCUT2D eigenvalue weighted by Crippen LogP contribution is 2.35. The Kier molecular flexibility index (Phi) is 4.10. The van der Waals surface area contributed by atoms with Crippen molar-refractivity contribution in [3.05, 3.63) is 41.7 Å². The van der Waals surface area contributed by atoms with Gasteiger partial charge >= 0.3 is 0 Å². The smallest absolute Gasteiger partial charge is 0.251 e. The minimum Gasteiger partial charge on any atom is -0.381 e. The number of carbonyl (C=O) groups is 1. The van der Waals surface area contributed by atoms with Gasteiger partial charge in [-0.05, 0) is 36.1 Å². The Morgan fingerprint density at radius 2 is 2.07 bits per heavy atom. The number of nitrogens with zero attached hydrogens (tertiary/aromatic N) is 2. The van der Waals surface area contributed by atoms with Crippen molar-refractivity contribution in [2.75, 3.05) is 19.0 Å². The van der Waals surface area contributed by atoms with Crippen molar-refractivity contribution in [1.29, 1.82) is 0 Å². The van der Waals surface area contributed by atoms with E-state index in [0.717, 1.165) is 46.1 Å². The van der Waals surface area contributed by atoms with Gasteiger partial charge in [0.05, 0.1) is 6.10 Å². The summed E-state index contributed by atoms with van der Waals surface area (Å²) in [5.74, 6) is 0.629. The van der Waals surface area contributed by atoms with Crippen LogP contribution in [0.1, 0.15) is 42.6 Å². The highest BCUT2D eigenvalue weighted by Gasteiger charge is 2.32. The third-order valence-corrected chi connectivity index (χ3v) is 6.19. The molecule has 1 fully saturated rings. The van der Waals surface area contributed by atoms with Crippen molar-refractivity contribution in [2.24, 2.45) is 0 Å². The zero-order valence-corrected chi connectivity index (χ0v) is 16.9. The molecule has 3 heterocycles. The monoisotopic (exact) mass is 391 g/mol. The molecule has 1 amide bonds. The Balaban J connectivity index is 1.46. The molecule has 29 heavy (non-hydrogen) atoms. The SMILES string of the molecule is COC1CC(Nc2ncc3c(-c4ccc5c(c4)C(C)(C)CNC5=O)c[nH]c3n2)C1. The van der Waals surface area contributed by atoms with E-state index in [4.69, 9.17) is 4.74 Å². The molecule has 0 saturated heterocycles. The largest absolute Gasteiger partial charge is 0.381 e. The second-order valence-electron chi connectivity index (χ2n) is 8.66. The van der Waals surface area contributed by atoms with Crippen LogP contribution in [0.5, 0.6) is 0 Å². The second-order valence-corrected chi connectivity index (χ2v) is 8.66. The summed E-state index contributed by atoms with van der Waals surface area (Å²) in [6.45, 7) is 4.94. The predicted molar refractivity (Wildman–Crippen MR) is 112 cm³/mol. The Labute approximate surface area is 169 Å². The fourth-order valence-corrected chi connectivity index (χ4v) is 4.24. The summed E-state index contributed by atoms with van der Waals surface area (Å²) in [7, 11) is 1.75. The van der Waals surface area contributed by atoms with E-state index in [2.05, 4.69) is 45.5 Å². The van der Waals surface area contributed by atoms with Gasteiger partial charge in [-0.1, -0.05) is 19.9 Å². The molecule has 3 N–H and O–H groups in total. The zero-order valence-electron chi connectivity index (χ0n) is 16.9. The molecule has 0 atom stereocenters. The Bertz CT molecular complexity index is 1100. The van der Waals surface area contributed by atoms with Crippen LogP contribution in [-0.4, -0.2) is 46.7 Å². The molecule has 0 spiro atoms. The van der Waals surface area contributed by atoms with Crippen molar-refractivity contribution in [3.8, 4) is 11.1 Å². The molecule has 1 aromatic carbocycles. The third-order valence-electron chi connectivity index (χ3n) is 6.19. The van der Waals surface area contributed by atoms with Gasteiger partial charge in [0.2, 0.25) is 5.95 Å². The first kappa shape index (κ1) is 18.1. The number of rotatable bonds is 4. The number of aromatic amines is 1. The van der Waals surface area contributed by atoms with Crippen LogP contribution in [-0.2, 0) is 10.2 Å². The van der Waals surface area contributed by atoms with E-state index < -0.39 is 0 Å². The number of ether oxygens (including phenoxy) is 1.